The van der Waals surface area contributed by atoms with Gasteiger partial charge in [-0.1, -0.05) is 74.7 Å². The number of para-hydroxylation sites is 1. The quantitative estimate of drug-likeness (QED) is 0.590. The van der Waals surface area contributed by atoms with Gasteiger partial charge in [-0.05, 0) is 30.2 Å². The Bertz CT molecular complexity index is 674. The fraction of sp³-hybridized carbons (Fsp3) is 0.273. The van der Waals surface area contributed by atoms with Gasteiger partial charge in [0.15, 0.2) is 0 Å². The van der Waals surface area contributed by atoms with Gasteiger partial charge < -0.3 is 0 Å². The molecule has 0 radical (unpaired) electrons. The maximum Gasteiger partial charge on any atom is 0.0625 e. The fourth-order valence-corrected chi connectivity index (χ4v) is 2.97. The average molecular weight is 318 g/mol. The summed E-state index contributed by atoms with van der Waals surface area (Å²) in [7, 11) is 0. The van der Waals surface area contributed by atoms with Crippen LogP contribution in [0.2, 0.25) is 0 Å². The van der Waals surface area contributed by atoms with Crippen LogP contribution in [0.25, 0.3) is 5.57 Å². The van der Waals surface area contributed by atoms with E-state index in [9.17, 15) is 0 Å². The Kier molecular flexibility index (Phi) is 5.73. The van der Waals surface area contributed by atoms with Crippen LogP contribution in [0.1, 0.15) is 38.2 Å². The molecule has 0 fully saturated rings. The topological polar surface area (TPSA) is 6.48 Å². The van der Waals surface area contributed by atoms with Gasteiger partial charge in [-0.3, -0.25) is 10.0 Å². The molecule has 0 bridgehead atoms. The predicted octanol–water partition coefficient (Wildman–Crippen LogP) is 5.86. The molecular formula is C22H26N2. The van der Waals surface area contributed by atoms with Crippen molar-refractivity contribution >= 4 is 11.3 Å². The Balaban J connectivity index is 1.81. The number of allylic oxidation sites excluding steroid dienone is 2. The summed E-state index contributed by atoms with van der Waals surface area (Å²) in [6, 6.07) is 21.2. The van der Waals surface area contributed by atoms with Crippen LogP contribution in [-0.4, -0.2) is 11.6 Å². The lowest BCUT2D eigenvalue weighted by molar-refractivity contribution is 0.362. The molecule has 2 aromatic carbocycles. The molecule has 0 aliphatic carbocycles. The van der Waals surface area contributed by atoms with Gasteiger partial charge in [-0.25, -0.2) is 0 Å². The van der Waals surface area contributed by atoms with E-state index in [1.54, 1.807) is 0 Å². The van der Waals surface area contributed by atoms with E-state index in [-0.39, 0.29) is 0 Å². The van der Waals surface area contributed by atoms with Gasteiger partial charge in [0.1, 0.15) is 0 Å². The number of benzene rings is 2. The molecule has 0 atom stereocenters. The molecule has 3 rings (SSSR count). The van der Waals surface area contributed by atoms with Crippen LogP contribution in [0.3, 0.4) is 0 Å². The number of rotatable bonds is 7. The highest BCUT2D eigenvalue weighted by molar-refractivity contribution is 5.77. The van der Waals surface area contributed by atoms with Crippen molar-refractivity contribution in [3.8, 4) is 0 Å². The molecule has 0 aromatic heterocycles. The predicted molar refractivity (Wildman–Crippen MR) is 103 cm³/mol. The van der Waals surface area contributed by atoms with Crippen molar-refractivity contribution in [1.29, 1.82) is 0 Å². The standard InChI is InChI=1S/C22H26N2/c1-2-3-4-11-17-23-18-16-21(20-12-7-5-8-13-20)19-24(23)22-14-9-6-10-15-22/h5-10,12-16,18-19H,2-4,11,17H2,1H3. The number of hydrogen-bond acceptors (Lipinski definition) is 2. The normalized spacial score (nSPS) is 14.0. The summed E-state index contributed by atoms with van der Waals surface area (Å²) in [6.45, 7) is 3.30. The monoisotopic (exact) mass is 318 g/mol. The number of unbranched alkanes of at least 4 members (excludes halogenated alkanes) is 3. The van der Waals surface area contributed by atoms with Crippen LogP contribution in [0.4, 0.5) is 5.69 Å². The van der Waals surface area contributed by atoms with Crippen molar-refractivity contribution in [3.05, 3.63) is 84.7 Å². The summed E-state index contributed by atoms with van der Waals surface area (Å²) in [5.41, 5.74) is 3.69. The number of nitrogens with zero attached hydrogens (tertiary/aromatic N) is 2. The second kappa shape index (κ2) is 8.39. The average Bonchev–Trinajstić information content (AvgIpc) is 2.67. The Hall–Kier alpha value is -2.48. The largest absolute Gasteiger partial charge is 0.289 e. The van der Waals surface area contributed by atoms with Gasteiger partial charge >= 0.3 is 0 Å². The zero-order chi connectivity index (χ0) is 16.6. The van der Waals surface area contributed by atoms with E-state index in [1.165, 1.54) is 42.5 Å². The zero-order valence-electron chi connectivity index (χ0n) is 14.4. The number of anilines is 1. The molecule has 0 unspecified atom stereocenters. The maximum absolute atomic E-state index is 2.32. The highest BCUT2D eigenvalue weighted by Crippen LogP contribution is 2.27. The first-order valence-electron chi connectivity index (χ1n) is 8.95. The molecule has 0 amide bonds. The van der Waals surface area contributed by atoms with Crippen molar-refractivity contribution in [1.82, 2.24) is 5.01 Å². The third-order valence-corrected chi connectivity index (χ3v) is 4.33. The Morgan fingerprint density at radius 2 is 1.50 bits per heavy atom. The smallest absolute Gasteiger partial charge is 0.0625 e. The molecule has 2 nitrogen and oxygen atoms in total. The van der Waals surface area contributed by atoms with Crippen molar-refractivity contribution < 1.29 is 0 Å². The van der Waals surface area contributed by atoms with Gasteiger partial charge in [0.2, 0.25) is 0 Å². The van der Waals surface area contributed by atoms with E-state index in [2.05, 4.69) is 96.1 Å². The molecular weight excluding hydrogens is 292 g/mol. The fourth-order valence-electron chi connectivity index (χ4n) is 2.97. The third-order valence-electron chi connectivity index (χ3n) is 4.33. The Morgan fingerprint density at radius 1 is 0.792 bits per heavy atom. The van der Waals surface area contributed by atoms with Gasteiger partial charge in [0, 0.05) is 24.5 Å². The SMILES string of the molecule is CCCCCCN1C=CC(c2ccccc2)=CN1c1ccccc1. The van der Waals surface area contributed by atoms with E-state index in [0.717, 1.165) is 6.54 Å². The lowest BCUT2D eigenvalue weighted by Crippen LogP contribution is -2.37. The van der Waals surface area contributed by atoms with Crippen LogP contribution >= 0.6 is 0 Å². The van der Waals surface area contributed by atoms with E-state index >= 15 is 0 Å². The zero-order valence-corrected chi connectivity index (χ0v) is 14.4. The molecule has 0 saturated carbocycles. The highest BCUT2D eigenvalue weighted by atomic mass is 15.6. The molecule has 2 heteroatoms. The van der Waals surface area contributed by atoms with E-state index in [1.807, 2.05) is 0 Å². The molecule has 0 saturated heterocycles. The third kappa shape index (κ3) is 4.08. The summed E-state index contributed by atoms with van der Waals surface area (Å²) < 4.78 is 0. The summed E-state index contributed by atoms with van der Waals surface area (Å²) in [6.07, 6.45) is 11.8. The molecule has 1 aliphatic rings. The molecule has 124 valence electrons. The minimum atomic E-state index is 1.05. The van der Waals surface area contributed by atoms with Crippen molar-refractivity contribution in [2.45, 2.75) is 32.6 Å². The Labute approximate surface area is 145 Å². The molecule has 1 heterocycles. The first-order chi connectivity index (χ1) is 11.9. The number of hydrogen-bond donors (Lipinski definition) is 0. The maximum atomic E-state index is 2.32. The summed E-state index contributed by atoms with van der Waals surface area (Å²) in [5, 5.41) is 4.59. The molecule has 2 aromatic rings. The second-order valence-electron chi connectivity index (χ2n) is 6.17. The van der Waals surface area contributed by atoms with Gasteiger partial charge in [0.25, 0.3) is 0 Å². The van der Waals surface area contributed by atoms with Crippen molar-refractivity contribution in [2.75, 3.05) is 11.6 Å². The summed E-state index contributed by atoms with van der Waals surface area (Å²) in [4.78, 5) is 0. The van der Waals surface area contributed by atoms with Crippen LogP contribution < -0.4 is 5.01 Å². The second-order valence-corrected chi connectivity index (χ2v) is 6.17. The van der Waals surface area contributed by atoms with E-state index in [0.29, 0.717) is 0 Å². The number of hydrazine groups is 1. The molecule has 24 heavy (non-hydrogen) atoms. The van der Waals surface area contributed by atoms with Crippen LogP contribution in [0.5, 0.6) is 0 Å². The van der Waals surface area contributed by atoms with Crippen LogP contribution in [0, 0.1) is 0 Å². The highest BCUT2D eigenvalue weighted by Gasteiger charge is 2.15. The van der Waals surface area contributed by atoms with E-state index in [4.69, 9.17) is 0 Å². The van der Waals surface area contributed by atoms with Crippen molar-refractivity contribution in [3.63, 3.8) is 0 Å². The molecule has 0 N–H and O–H groups in total. The van der Waals surface area contributed by atoms with Crippen LogP contribution in [-0.2, 0) is 0 Å². The minimum absolute atomic E-state index is 1.05. The first-order valence-corrected chi connectivity index (χ1v) is 8.95. The molecule has 1 aliphatic heterocycles. The summed E-state index contributed by atoms with van der Waals surface area (Å²) in [5.74, 6) is 0. The van der Waals surface area contributed by atoms with Gasteiger partial charge in [-0.15, -0.1) is 0 Å². The van der Waals surface area contributed by atoms with Crippen molar-refractivity contribution in [2.24, 2.45) is 0 Å². The minimum Gasteiger partial charge on any atom is -0.289 e. The van der Waals surface area contributed by atoms with E-state index < -0.39 is 0 Å². The van der Waals surface area contributed by atoms with Gasteiger partial charge in [-0.2, -0.15) is 0 Å². The summed E-state index contributed by atoms with van der Waals surface area (Å²) >= 11 is 0. The van der Waals surface area contributed by atoms with Crippen LogP contribution in [0.15, 0.2) is 79.1 Å². The molecule has 0 spiro atoms. The lowest BCUT2D eigenvalue weighted by atomic mass is 10.1. The van der Waals surface area contributed by atoms with Gasteiger partial charge in [0.05, 0.1) is 5.69 Å². The lowest BCUT2D eigenvalue weighted by Gasteiger charge is -2.36. The Morgan fingerprint density at radius 3 is 2.21 bits per heavy atom. The first kappa shape index (κ1) is 16.4.